The molecule has 2 heterocycles. The number of hydrogen-bond acceptors (Lipinski definition) is 3. The van der Waals surface area contributed by atoms with Crippen LogP contribution in [0.15, 0.2) is 72.8 Å². The topological polar surface area (TPSA) is 25.6 Å². The summed E-state index contributed by atoms with van der Waals surface area (Å²) in [5.41, 5.74) is 4.92. The number of fused-ring (bicyclic) bond motifs is 2. The van der Waals surface area contributed by atoms with Gasteiger partial charge >= 0.3 is 0 Å². The molecule has 1 fully saturated rings. The van der Waals surface area contributed by atoms with E-state index in [1.54, 1.807) is 0 Å². The molecule has 5 rings (SSSR count). The van der Waals surface area contributed by atoms with Crippen molar-refractivity contribution < 1.29 is 14.0 Å². The van der Waals surface area contributed by atoms with Gasteiger partial charge in [0, 0.05) is 37.3 Å². The number of benzene rings is 3. The van der Waals surface area contributed by atoms with Crippen molar-refractivity contribution >= 4 is 21.8 Å². The van der Waals surface area contributed by atoms with Crippen molar-refractivity contribution in [1.82, 2.24) is 4.90 Å². The highest BCUT2D eigenvalue weighted by Gasteiger charge is 2.19. The molecule has 1 aliphatic heterocycles. The van der Waals surface area contributed by atoms with Gasteiger partial charge in [0.25, 0.3) is 0 Å². The molecule has 0 aliphatic carbocycles. The van der Waals surface area contributed by atoms with Crippen LogP contribution in [0.3, 0.4) is 0 Å². The standard InChI is InChI=1S/C26H27N2O2/c1-27-24-10-6-5-9-22(24)26(20-7-3-2-4-8-20)23-19-21(11-12-25(23)27)30-18-15-28-13-16-29-17-14-28/h2-12,19H,13-18H2,1H3/q+1. The van der Waals surface area contributed by atoms with E-state index in [1.165, 1.54) is 32.9 Å². The third-order valence-corrected chi connectivity index (χ3v) is 5.98. The van der Waals surface area contributed by atoms with Gasteiger partial charge in [0.2, 0.25) is 11.0 Å². The minimum absolute atomic E-state index is 0.686. The predicted molar refractivity (Wildman–Crippen MR) is 121 cm³/mol. The van der Waals surface area contributed by atoms with Crippen molar-refractivity contribution in [3.63, 3.8) is 0 Å². The summed E-state index contributed by atoms with van der Waals surface area (Å²) in [6.45, 7) is 5.23. The van der Waals surface area contributed by atoms with Crippen LogP contribution in [0.5, 0.6) is 5.75 Å². The van der Waals surface area contributed by atoms with E-state index < -0.39 is 0 Å². The molecular weight excluding hydrogens is 372 g/mol. The Morgan fingerprint density at radius 2 is 1.60 bits per heavy atom. The van der Waals surface area contributed by atoms with Crippen molar-refractivity contribution in [2.24, 2.45) is 7.05 Å². The summed E-state index contributed by atoms with van der Waals surface area (Å²) in [6.07, 6.45) is 0. The number of para-hydroxylation sites is 1. The number of morpholine rings is 1. The quantitative estimate of drug-likeness (QED) is 0.372. The first kappa shape index (κ1) is 19.0. The third kappa shape index (κ3) is 3.64. The van der Waals surface area contributed by atoms with Gasteiger partial charge in [0.15, 0.2) is 0 Å². The van der Waals surface area contributed by atoms with Gasteiger partial charge in [0.05, 0.1) is 24.0 Å². The number of hydrogen-bond donors (Lipinski definition) is 0. The van der Waals surface area contributed by atoms with E-state index in [1.807, 2.05) is 0 Å². The molecule has 0 atom stereocenters. The van der Waals surface area contributed by atoms with Crippen LogP contribution in [-0.4, -0.2) is 44.4 Å². The number of nitrogens with zero attached hydrogens (tertiary/aromatic N) is 2. The number of aromatic nitrogens is 1. The Morgan fingerprint density at radius 1 is 0.867 bits per heavy atom. The molecule has 4 nitrogen and oxygen atoms in total. The zero-order valence-electron chi connectivity index (χ0n) is 17.4. The van der Waals surface area contributed by atoms with Gasteiger partial charge in [0.1, 0.15) is 19.4 Å². The number of ether oxygens (including phenoxy) is 2. The lowest BCUT2D eigenvalue weighted by atomic mass is 9.95. The van der Waals surface area contributed by atoms with Gasteiger partial charge < -0.3 is 9.47 Å². The first-order valence-corrected chi connectivity index (χ1v) is 10.6. The fraction of sp³-hybridized carbons (Fsp3) is 0.269. The normalized spacial score (nSPS) is 15.0. The highest BCUT2D eigenvalue weighted by molar-refractivity contribution is 6.07. The van der Waals surface area contributed by atoms with Crippen LogP contribution >= 0.6 is 0 Å². The summed E-state index contributed by atoms with van der Waals surface area (Å²) in [4.78, 5) is 2.40. The molecule has 0 bridgehead atoms. The zero-order chi connectivity index (χ0) is 20.3. The summed E-state index contributed by atoms with van der Waals surface area (Å²) >= 11 is 0. The summed E-state index contributed by atoms with van der Waals surface area (Å²) in [5, 5.41) is 2.47. The van der Waals surface area contributed by atoms with Crippen molar-refractivity contribution in [2.45, 2.75) is 0 Å². The maximum Gasteiger partial charge on any atom is 0.213 e. The van der Waals surface area contributed by atoms with Crippen LogP contribution in [0, 0.1) is 0 Å². The smallest absolute Gasteiger partial charge is 0.213 e. The third-order valence-electron chi connectivity index (χ3n) is 5.98. The van der Waals surface area contributed by atoms with E-state index >= 15 is 0 Å². The van der Waals surface area contributed by atoms with E-state index in [2.05, 4.69) is 89.3 Å². The Hall–Kier alpha value is -2.95. The van der Waals surface area contributed by atoms with Crippen molar-refractivity contribution in [2.75, 3.05) is 39.5 Å². The second-order valence-corrected chi connectivity index (χ2v) is 7.80. The Labute approximate surface area is 177 Å². The van der Waals surface area contributed by atoms with Crippen LogP contribution in [0.25, 0.3) is 32.9 Å². The monoisotopic (exact) mass is 399 g/mol. The SMILES string of the molecule is C[n+]1c2ccccc2c(-c2ccccc2)c2cc(OCCN3CCOCC3)ccc21. The molecule has 1 aromatic heterocycles. The lowest BCUT2D eigenvalue weighted by Crippen LogP contribution is -2.38. The van der Waals surface area contributed by atoms with Gasteiger partial charge in [-0.15, -0.1) is 0 Å². The van der Waals surface area contributed by atoms with Crippen LogP contribution in [0.1, 0.15) is 0 Å². The average molecular weight is 400 g/mol. The molecule has 0 spiro atoms. The largest absolute Gasteiger partial charge is 0.492 e. The first-order valence-electron chi connectivity index (χ1n) is 10.6. The molecule has 4 aromatic rings. The molecule has 0 unspecified atom stereocenters. The van der Waals surface area contributed by atoms with Gasteiger partial charge in [-0.2, -0.15) is 4.57 Å². The Balaban J connectivity index is 1.55. The van der Waals surface area contributed by atoms with Crippen molar-refractivity contribution in [3.8, 4) is 16.9 Å². The Bertz CT molecular complexity index is 1170. The molecule has 3 aromatic carbocycles. The van der Waals surface area contributed by atoms with Gasteiger partial charge in [-0.05, 0) is 23.8 Å². The summed E-state index contributed by atoms with van der Waals surface area (Å²) in [5.74, 6) is 0.920. The summed E-state index contributed by atoms with van der Waals surface area (Å²) < 4.78 is 13.9. The number of rotatable bonds is 5. The van der Waals surface area contributed by atoms with E-state index in [9.17, 15) is 0 Å². The highest BCUT2D eigenvalue weighted by atomic mass is 16.5. The molecule has 1 aliphatic rings. The van der Waals surface area contributed by atoms with E-state index in [-0.39, 0.29) is 0 Å². The zero-order valence-corrected chi connectivity index (χ0v) is 17.4. The molecule has 0 amide bonds. The van der Waals surface area contributed by atoms with E-state index in [0.717, 1.165) is 38.6 Å². The fourth-order valence-electron chi connectivity index (χ4n) is 4.38. The molecule has 0 radical (unpaired) electrons. The van der Waals surface area contributed by atoms with Crippen molar-refractivity contribution in [1.29, 1.82) is 0 Å². The van der Waals surface area contributed by atoms with Crippen LogP contribution in [0.2, 0.25) is 0 Å². The Morgan fingerprint density at radius 3 is 2.43 bits per heavy atom. The van der Waals surface area contributed by atoms with Crippen LogP contribution in [-0.2, 0) is 11.8 Å². The molecule has 152 valence electrons. The fourth-order valence-corrected chi connectivity index (χ4v) is 4.38. The van der Waals surface area contributed by atoms with E-state index in [0.29, 0.717) is 6.61 Å². The summed E-state index contributed by atoms with van der Waals surface area (Å²) in [7, 11) is 2.14. The second-order valence-electron chi connectivity index (χ2n) is 7.80. The number of pyridine rings is 1. The number of aryl methyl sites for hydroxylation is 1. The maximum atomic E-state index is 6.17. The predicted octanol–water partition coefficient (Wildman–Crippen LogP) is 4.20. The average Bonchev–Trinajstić information content (AvgIpc) is 2.81. The minimum Gasteiger partial charge on any atom is -0.492 e. The minimum atomic E-state index is 0.686. The van der Waals surface area contributed by atoms with E-state index in [4.69, 9.17) is 9.47 Å². The molecule has 1 saturated heterocycles. The van der Waals surface area contributed by atoms with Gasteiger partial charge in [-0.3, -0.25) is 4.90 Å². The molecular formula is C26H27N2O2+. The molecule has 0 N–H and O–H groups in total. The Kier molecular flexibility index (Phi) is 5.35. The lowest BCUT2D eigenvalue weighted by Gasteiger charge is -2.26. The van der Waals surface area contributed by atoms with Gasteiger partial charge in [-0.1, -0.05) is 42.5 Å². The van der Waals surface area contributed by atoms with Crippen LogP contribution in [0.4, 0.5) is 0 Å². The van der Waals surface area contributed by atoms with Crippen LogP contribution < -0.4 is 9.30 Å². The second kappa shape index (κ2) is 8.42. The molecule has 4 heteroatoms. The summed E-state index contributed by atoms with van der Waals surface area (Å²) in [6, 6.07) is 25.7. The van der Waals surface area contributed by atoms with Gasteiger partial charge in [-0.25, -0.2) is 0 Å². The van der Waals surface area contributed by atoms with Crippen molar-refractivity contribution in [3.05, 3.63) is 72.8 Å². The molecule has 30 heavy (non-hydrogen) atoms. The molecule has 0 saturated carbocycles. The highest BCUT2D eigenvalue weighted by Crippen LogP contribution is 2.35. The maximum absolute atomic E-state index is 6.17. The first-order chi connectivity index (χ1) is 14.8. The lowest BCUT2D eigenvalue weighted by molar-refractivity contribution is -0.617.